The van der Waals surface area contributed by atoms with Crippen molar-refractivity contribution in [2.75, 3.05) is 38.0 Å². The summed E-state index contributed by atoms with van der Waals surface area (Å²) in [4.78, 5) is 2.48. The van der Waals surface area contributed by atoms with Gasteiger partial charge in [0.1, 0.15) is 0 Å². The molecule has 0 spiro atoms. The molecule has 0 radical (unpaired) electrons. The van der Waals surface area contributed by atoms with Crippen LogP contribution in [0.15, 0.2) is 18.2 Å². The SMILES string of the molecule is Cc1cc(C)cc(NCC2CCN(CCN)CC2)c1. The van der Waals surface area contributed by atoms with E-state index in [1.807, 2.05) is 0 Å². The minimum atomic E-state index is 0.783. The lowest BCUT2D eigenvalue weighted by molar-refractivity contribution is 0.194. The number of rotatable bonds is 5. The fourth-order valence-electron chi connectivity index (χ4n) is 2.94. The molecule has 1 aliphatic heterocycles. The van der Waals surface area contributed by atoms with E-state index in [0.717, 1.165) is 25.6 Å². The molecule has 3 nitrogen and oxygen atoms in total. The van der Waals surface area contributed by atoms with Gasteiger partial charge in [-0.3, -0.25) is 0 Å². The first-order chi connectivity index (χ1) is 9.17. The van der Waals surface area contributed by atoms with Crippen molar-refractivity contribution in [3.63, 3.8) is 0 Å². The predicted octanol–water partition coefficient (Wildman–Crippen LogP) is 2.39. The summed E-state index contributed by atoms with van der Waals surface area (Å²) in [5.41, 5.74) is 9.54. The van der Waals surface area contributed by atoms with Crippen LogP contribution in [-0.4, -0.2) is 37.6 Å². The molecule has 19 heavy (non-hydrogen) atoms. The average molecular weight is 261 g/mol. The van der Waals surface area contributed by atoms with Gasteiger partial charge in [0.05, 0.1) is 0 Å². The highest BCUT2D eigenvalue weighted by Crippen LogP contribution is 2.19. The first-order valence-electron chi connectivity index (χ1n) is 7.42. The van der Waals surface area contributed by atoms with Gasteiger partial charge in [-0.05, 0) is 69.0 Å². The summed E-state index contributed by atoms with van der Waals surface area (Å²) < 4.78 is 0. The molecule has 0 saturated carbocycles. The number of hydrogen-bond acceptors (Lipinski definition) is 3. The van der Waals surface area contributed by atoms with E-state index in [1.165, 1.54) is 42.7 Å². The van der Waals surface area contributed by atoms with Crippen LogP contribution in [0.5, 0.6) is 0 Å². The van der Waals surface area contributed by atoms with Crippen molar-refractivity contribution in [3.05, 3.63) is 29.3 Å². The summed E-state index contributed by atoms with van der Waals surface area (Å²) in [6.45, 7) is 9.65. The van der Waals surface area contributed by atoms with Crippen LogP contribution in [0.2, 0.25) is 0 Å². The average Bonchev–Trinajstić information content (AvgIpc) is 2.37. The smallest absolute Gasteiger partial charge is 0.0345 e. The molecule has 106 valence electrons. The minimum absolute atomic E-state index is 0.783. The van der Waals surface area contributed by atoms with E-state index in [9.17, 15) is 0 Å². The van der Waals surface area contributed by atoms with Crippen molar-refractivity contribution >= 4 is 5.69 Å². The maximum absolute atomic E-state index is 5.60. The Bertz CT molecular complexity index is 375. The van der Waals surface area contributed by atoms with Gasteiger partial charge in [-0.25, -0.2) is 0 Å². The van der Waals surface area contributed by atoms with Crippen LogP contribution >= 0.6 is 0 Å². The van der Waals surface area contributed by atoms with E-state index in [1.54, 1.807) is 0 Å². The molecule has 1 aromatic rings. The van der Waals surface area contributed by atoms with Gasteiger partial charge < -0.3 is 16.0 Å². The Balaban J connectivity index is 1.77. The van der Waals surface area contributed by atoms with Gasteiger partial charge in [0.2, 0.25) is 0 Å². The third kappa shape index (κ3) is 4.51. The number of hydrogen-bond donors (Lipinski definition) is 2. The van der Waals surface area contributed by atoms with Crippen LogP contribution in [-0.2, 0) is 0 Å². The van der Waals surface area contributed by atoms with Crippen molar-refractivity contribution < 1.29 is 0 Å². The van der Waals surface area contributed by atoms with Crippen LogP contribution in [0.3, 0.4) is 0 Å². The van der Waals surface area contributed by atoms with Gasteiger partial charge in [0.15, 0.2) is 0 Å². The molecule has 0 aromatic heterocycles. The minimum Gasteiger partial charge on any atom is -0.385 e. The largest absolute Gasteiger partial charge is 0.385 e. The Labute approximate surface area is 117 Å². The van der Waals surface area contributed by atoms with E-state index in [4.69, 9.17) is 5.73 Å². The molecule has 0 unspecified atom stereocenters. The monoisotopic (exact) mass is 261 g/mol. The second-order valence-corrected chi connectivity index (χ2v) is 5.83. The number of benzene rings is 1. The Morgan fingerprint density at radius 3 is 2.37 bits per heavy atom. The Hall–Kier alpha value is -1.06. The number of anilines is 1. The van der Waals surface area contributed by atoms with Crippen LogP contribution in [0, 0.1) is 19.8 Å². The first-order valence-corrected chi connectivity index (χ1v) is 7.42. The van der Waals surface area contributed by atoms with Crippen LogP contribution in [0.1, 0.15) is 24.0 Å². The van der Waals surface area contributed by atoms with Gasteiger partial charge in [-0.15, -0.1) is 0 Å². The van der Waals surface area contributed by atoms with E-state index < -0.39 is 0 Å². The fraction of sp³-hybridized carbons (Fsp3) is 0.625. The molecular weight excluding hydrogens is 234 g/mol. The van der Waals surface area contributed by atoms with Crippen LogP contribution < -0.4 is 11.1 Å². The summed E-state index contributed by atoms with van der Waals surface area (Å²) in [5.74, 6) is 0.801. The maximum atomic E-state index is 5.60. The lowest BCUT2D eigenvalue weighted by Gasteiger charge is -2.31. The molecule has 0 atom stereocenters. The Morgan fingerprint density at radius 1 is 1.16 bits per heavy atom. The molecule has 1 aliphatic rings. The zero-order valence-electron chi connectivity index (χ0n) is 12.3. The normalized spacial score (nSPS) is 17.6. The third-order valence-electron chi connectivity index (χ3n) is 3.97. The second kappa shape index (κ2) is 6.92. The summed E-state index contributed by atoms with van der Waals surface area (Å²) in [7, 11) is 0. The highest BCUT2D eigenvalue weighted by molar-refractivity contribution is 5.48. The molecule has 3 heteroatoms. The summed E-state index contributed by atoms with van der Waals surface area (Å²) in [6, 6.07) is 6.68. The second-order valence-electron chi connectivity index (χ2n) is 5.83. The lowest BCUT2D eigenvalue weighted by atomic mass is 9.96. The van der Waals surface area contributed by atoms with E-state index >= 15 is 0 Å². The molecule has 3 N–H and O–H groups in total. The molecule has 1 saturated heterocycles. The number of nitrogens with two attached hydrogens (primary N) is 1. The fourth-order valence-corrected chi connectivity index (χ4v) is 2.94. The summed E-state index contributed by atoms with van der Waals surface area (Å²) >= 11 is 0. The van der Waals surface area contributed by atoms with E-state index in [2.05, 4.69) is 42.3 Å². The topological polar surface area (TPSA) is 41.3 Å². The number of piperidine rings is 1. The van der Waals surface area contributed by atoms with Gasteiger partial charge in [-0.2, -0.15) is 0 Å². The van der Waals surface area contributed by atoms with Crippen molar-refractivity contribution in [2.24, 2.45) is 11.7 Å². The van der Waals surface area contributed by atoms with E-state index in [-0.39, 0.29) is 0 Å². The third-order valence-corrected chi connectivity index (χ3v) is 3.97. The highest BCUT2D eigenvalue weighted by atomic mass is 15.1. The number of aryl methyl sites for hydroxylation is 2. The van der Waals surface area contributed by atoms with Gasteiger partial charge in [0.25, 0.3) is 0 Å². The Morgan fingerprint density at radius 2 is 1.79 bits per heavy atom. The quantitative estimate of drug-likeness (QED) is 0.855. The maximum Gasteiger partial charge on any atom is 0.0345 e. The molecule has 0 aliphatic carbocycles. The standard InChI is InChI=1S/C16H27N3/c1-13-9-14(2)11-16(10-13)18-12-15-3-6-19(7-4-15)8-5-17/h9-11,15,18H,3-8,12,17H2,1-2H3. The van der Waals surface area contributed by atoms with Crippen molar-refractivity contribution in [3.8, 4) is 0 Å². The van der Waals surface area contributed by atoms with Crippen molar-refractivity contribution in [1.82, 2.24) is 4.90 Å². The number of nitrogens with one attached hydrogen (secondary N) is 1. The Kier molecular flexibility index (Phi) is 5.23. The van der Waals surface area contributed by atoms with Crippen LogP contribution in [0.4, 0.5) is 5.69 Å². The molecule has 0 amide bonds. The van der Waals surface area contributed by atoms with Gasteiger partial charge in [-0.1, -0.05) is 6.07 Å². The molecular formula is C16H27N3. The number of likely N-dealkylation sites (tertiary alicyclic amines) is 1. The zero-order valence-corrected chi connectivity index (χ0v) is 12.3. The highest BCUT2D eigenvalue weighted by Gasteiger charge is 2.18. The zero-order chi connectivity index (χ0) is 13.7. The molecule has 1 fully saturated rings. The van der Waals surface area contributed by atoms with Gasteiger partial charge in [0, 0.05) is 25.3 Å². The van der Waals surface area contributed by atoms with Crippen molar-refractivity contribution in [1.29, 1.82) is 0 Å². The lowest BCUT2D eigenvalue weighted by Crippen LogP contribution is -2.38. The predicted molar refractivity (Wildman–Crippen MR) is 82.6 cm³/mol. The molecule has 1 heterocycles. The first kappa shape index (κ1) is 14.4. The van der Waals surface area contributed by atoms with Crippen LogP contribution in [0.25, 0.3) is 0 Å². The summed E-state index contributed by atoms with van der Waals surface area (Å²) in [5, 5.41) is 3.60. The van der Waals surface area contributed by atoms with Gasteiger partial charge >= 0.3 is 0 Å². The summed E-state index contributed by atoms with van der Waals surface area (Å²) in [6.07, 6.45) is 2.58. The molecule has 0 bridgehead atoms. The van der Waals surface area contributed by atoms with Crippen molar-refractivity contribution in [2.45, 2.75) is 26.7 Å². The molecule has 2 rings (SSSR count). The molecule has 1 aromatic carbocycles. The van der Waals surface area contributed by atoms with E-state index in [0.29, 0.717) is 0 Å². The number of nitrogens with zero attached hydrogens (tertiary/aromatic N) is 1.